The summed E-state index contributed by atoms with van der Waals surface area (Å²) in [6.45, 7) is 2.45. The smallest absolute Gasteiger partial charge is 0.407 e. The lowest BCUT2D eigenvalue weighted by atomic mass is 9.98. The van der Waals surface area contributed by atoms with E-state index in [0.717, 1.165) is 22.3 Å². The minimum atomic E-state index is -1.16. The summed E-state index contributed by atoms with van der Waals surface area (Å²) in [5.41, 5.74) is 4.41. The number of carbonyl (C=O) groups excluding carboxylic acids is 2. The fraction of sp³-hybridized carbons (Fsp3) is 0.292. The van der Waals surface area contributed by atoms with E-state index in [1.165, 1.54) is 10.9 Å². The Morgan fingerprint density at radius 2 is 1.74 bits per heavy atom. The van der Waals surface area contributed by atoms with Gasteiger partial charge in [-0.15, -0.1) is 5.10 Å². The number of hydrogen-bond acceptors (Lipinski definition) is 6. The number of fused-ring (bicyclic) bond motifs is 3. The normalized spacial score (nSPS) is 13.0. The fourth-order valence-corrected chi connectivity index (χ4v) is 4.06. The van der Waals surface area contributed by atoms with Crippen LogP contribution < -0.4 is 10.6 Å². The first kappa shape index (κ1) is 23.0. The Kier molecular flexibility index (Phi) is 6.86. The second-order valence-electron chi connectivity index (χ2n) is 8.10. The molecular weight excluding hydrogens is 438 g/mol. The molecule has 1 atom stereocenters. The van der Waals surface area contributed by atoms with Crippen molar-refractivity contribution < 1.29 is 24.2 Å². The predicted molar refractivity (Wildman–Crippen MR) is 122 cm³/mol. The summed E-state index contributed by atoms with van der Waals surface area (Å²) in [6, 6.07) is 15.8. The Balaban J connectivity index is 1.21. The molecule has 0 radical (unpaired) electrons. The lowest BCUT2D eigenvalue weighted by Crippen LogP contribution is -2.38. The first-order valence-electron chi connectivity index (χ1n) is 10.9. The lowest BCUT2D eigenvalue weighted by Gasteiger charge is -2.17. The molecule has 3 aromatic rings. The van der Waals surface area contributed by atoms with Crippen LogP contribution in [-0.4, -0.2) is 57.3 Å². The Morgan fingerprint density at radius 1 is 1.09 bits per heavy atom. The van der Waals surface area contributed by atoms with E-state index in [0.29, 0.717) is 0 Å². The number of nitrogens with one attached hydrogen (secondary N) is 2. The van der Waals surface area contributed by atoms with Gasteiger partial charge < -0.3 is 20.5 Å². The largest absolute Gasteiger partial charge is 0.476 e. The van der Waals surface area contributed by atoms with Crippen molar-refractivity contribution in [1.82, 2.24) is 25.6 Å². The SMILES string of the molecule is C[C@@H](CC(=O)NCCn1cc(C(=O)O)nn1)NC(=O)OCC1c2ccccc2-c2ccccc21. The van der Waals surface area contributed by atoms with E-state index in [4.69, 9.17) is 9.84 Å². The summed E-state index contributed by atoms with van der Waals surface area (Å²) in [7, 11) is 0. The summed E-state index contributed by atoms with van der Waals surface area (Å²) in [4.78, 5) is 35.3. The summed E-state index contributed by atoms with van der Waals surface area (Å²) in [6.07, 6.45) is 0.781. The highest BCUT2D eigenvalue weighted by Crippen LogP contribution is 2.44. The van der Waals surface area contributed by atoms with Crippen LogP contribution in [0.15, 0.2) is 54.7 Å². The summed E-state index contributed by atoms with van der Waals surface area (Å²) < 4.78 is 6.84. The molecule has 176 valence electrons. The van der Waals surface area contributed by atoms with Crippen LogP contribution in [0.5, 0.6) is 0 Å². The Labute approximate surface area is 195 Å². The topological polar surface area (TPSA) is 135 Å². The quantitative estimate of drug-likeness (QED) is 0.443. The highest BCUT2D eigenvalue weighted by Gasteiger charge is 2.29. The van der Waals surface area contributed by atoms with Crippen LogP contribution in [0.25, 0.3) is 11.1 Å². The maximum absolute atomic E-state index is 12.3. The van der Waals surface area contributed by atoms with Gasteiger partial charge in [0.25, 0.3) is 0 Å². The zero-order valence-electron chi connectivity index (χ0n) is 18.6. The number of nitrogens with zero attached hydrogens (tertiary/aromatic N) is 3. The monoisotopic (exact) mass is 463 g/mol. The molecule has 3 N–H and O–H groups in total. The number of aromatic nitrogens is 3. The Hall–Kier alpha value is -4.21. The van der Waals surface area contributed by atoms with Crippen LogP contribution in [-0.2, 0) is 16.1 Å². The molecule has 10 heteroatoms. The molecule has 0 fully saturated rings. The van der Waals surface area contributed by atoms with Crippen molar-refractivity contribution >= 4 is 18.0 Å². The van der Waals surface area contributed by atoms with Crippen LogP contribution in [0, 0.1) is 0 Å². The van der Waals surface area contributed by atoms with Crippen molar-refractivity contribution in [1.29, 1.82) is 0 Å². The molecule has 0 aliphatic heterocycles. The first-order valence-corrected chi connectivity index (χ1v) is 10.9. The van der Waals surface area contributed by atoms with Gasteiger partial charge in [0.2, 0.25) is 5.91 Å². The number of ether oxygens (including phenoxy) is 1. The summed E-state index contributed by atoms with van der Waals surface area (Å²) >= 11 is 0. The number of benzene rings is 2. The molecule has 0 bridgehead atoms. The molecule has 34 heavy (non-hydrogen) atoms. The fourth-order valence-electron chi connectivity index (χ4n) is 4.06. The van der Waals surface area contributed by atoms with Gasteiger partial charge in [-0.05, 0) is 29.2 Å². The van der Waals surface area contributed by atoms with Gasteiger partial charge in [-0.25, -0.2) is 14.3 Å². The number of carboxylic acid groups (broad SMARTS) is 1. The molecule has 2 aromatic carbocycles. The molecular formula is C24H25N5O5. The van der Waals surface area contributed by atoms with E-state index < -0.39 is 18.1 Å². The van der Waals surface area contributed by atoms with Gasteiger partial charge in [-0.2, -0.15) is 0 Å². The summed E-state index contributed by atoms with van der Waals surface area (Å²) in [5, 5.41) is 21.4. The minimum Gasteiger partial charge on any atom is -0.476 e. The van der Waals surface area contributed by atoms with E-state index in [2.05, 4.69) is 45.2 Å². The number of carbonyl (C=O) groups is 3. The van der Waals surface area contributed by atoms with Crippen LogP contribution in [0.3, 0.4) is 0 Å². The molecule has 0 unspecified atom stereocenters. The van der Waals surface area contributed by atoms with Crippen molar-refractivity contribution in [3.05, 3.63) is 71.5 Å². The van der Waals surface area contributed by atoms with Gasteiger partial charge in [-0.3, -0.25) is 4.79 Å². The van der Waals surface area contributed by atoms with Crippen molar-refractivity contribution in [3.8, 4) is 11.1 Å². The van der Waals surface area contributed by atoms with Crippen molar-refractivity contribution in [2.45, 2.75) is 31.8 Å². The predicted octanol–water partition coefficient (Wildman–Crippen LogP) is 2.41. The number of carboxylic acids is 1. The number of alkyl carbamates (subject to hydrolysis) is 1. The first-order chi connectivity index (χ1) is 16.4. The average Bonchev–Trinajstić information content (AvgIpc) is 3.41. The van der Waals surface area contributed by atoms with Crippen LogP contribution >= 0.6 is 0 Å². The Morgan fingerprint density at radius 3 is 2.35 bits per heavy atom. The van der Waals surface area contributed by atoms with Crippen molar-refractivity contribution in [2.75, 3.05) is 13.2 Å². The zero-order valence-corrected chi connectivity index (χ0v) is 18.6. The zero-order chi connectivity index (χ0) is 24.1. The van der Waals surface area contributed by atoms with Crippen LogP contribution in [0.2, 0.25) is 0 Å². The lowest BCUT2D eigenvalue weighted by molar-refractivity contribution is -0.121. The molecule has 1 aliphatic carbocycles. The highest BCUT2D eigenvalue weighted by atomic mass is 16.5. The van der Waals surface area contributed by atoms with Gasteiger partial charge in [-0.1, -0.05) is 53.7 Å². The van der Waals surface area contributed by atoms with Gasteiger partial charge >= 0.3 is 12.1 Å². The highest BCUT2D eigenvalue weighted by molar-refractivity contribution is 5.84. The molecule has 0 spiro atoms. The van der Waals surface area contributed by atoms with Gasteiger partial charge in [0.1, 0.15) is 6.61 Å². The number of rotatable bonds is 9. The van der Waals surface area contributed by atoms with Gasteiger partial charge in [0.05, 0.1) is 12.7 Å². The number of aromatic carboxylic acids is 1. The number of hydrogen-bond donors (Lipinski definition) is 3. The third-order valence-electron chi connectivity index (χ3n) is 5.62. The van der Waals surface area contributed by atoms with E-state index in [-0.39, 0.29) is 43.6 Å². The molecule has 1 aliphatic rings. The van der Waals surface area contributed by atoms with Gasteiger partial charge in [0, 0.05) is 24.9 Å². The van der Waals surface area contributed by atoms with Crippen LogP contribution in [0.4, 0.5) is 4.79 Å². The molecule has 1 heterocycles. The molecule has 0 saturated heterocycles. The molecule has 1 aromatic heterocycles. The maximum Gasteiger partial charge on any atom is 0.407 e. The number of amides is 2. The Bertz CT molecular complexity index is 1160. The molecule has 2 amide bonds. The average molecular weight is 463 g/mol. The van der Waals surface area contributed by atoms with E-state index in [1.54, 1.807) is 6.92 Å². The molecule has 4 rings (SSSR count). The summed E-state index contributed by atoms with van der Waals surface area (Å²) in [5.74, 6) is -1.45. The van der Waals surface area contributed by atoms with E-state index in [9.17, 15) is 14.4 Å². The van der Waals surface area contributed by atoms with E-state index in [1.807, 2.05) is 24.3 Å². The van der Waals surface area contributed by atoms with E-state index >= 15 is 0 Å². The molecule has 10 nitrogen and oxygen atoms in total. The second kappa shape index (κ2) is 10.2. The van der Waals surface area contributed by atoms with Crippen molar-refractivity contribution in [3.63, 3.8) is 0 Å². The standard InChI is InChI=1S/C24H25N5O5/c1-15(12-22(30)25-10-11-29-13-21(23(31)32)27-28-29)26-24(33)34-14-20-18-8-4-2-6-16(18)17-7-3-5-9-19(17)20/h2-9,13,15,20H,10-12,14H2,1H3,(H,25,30)(H,26,33)(H,31,32)/t15-/m0/s1. The minimum absolute atomic E-state index is 0.0322. The third-order valence-corrected chi connectivity index (χ3v) is 5.62. The van der Waals surface area contributed by atoms with Gasteiger partial charge in [0.15, 0.2) is 5.69 Å². The van der Waals surface area contributed by atoms with Crippen molar-refractivity contribution in [2.24, 2.45) is 0 Å². The molecule has 0 saturated carbocycles. The second-order valence-corrected chi connectivity index (χ2v) is 8.10. The maximum atomic E-state index is 12.3. The van der Waals surface area contributed by atoms with Crippen LogP contribution in [0.1, 0.15) is 40.9 Å². The third kappa shape index (κ3) is 5.22.